The van der Waals surface area contributed by atoms with Crippen LogP contribution < -0.4 is 5.32 Å². The molecule has 110 valence electrons. The van der Waals surface area contributed by atoms with E-state index in [1.165, 1.54) is 0 Å². The van der Waals surface area contributed by atoms with Gasteiger partial charge in [0.05, 0.1) is 6.04 Å². The third kappa shape index (κ3) is 4.82. The second kappa shape index (κ2) is 7.56. The molecule has 2 aromatic rings. The molecule has 0 radical (unpaired) electrons. The van der Waals surface area contributed by atoms with Crippen LogP contribution in [0.1, 0.15) is 22.0 Å². The van der Waals surface area contributed by atoms with Crippen LogP contribution in [0.2, 0.25) is 0 Å². The van der Waals surface area contributed by atoms with Crippen molar-refractivity contribution < 1.29 is 4.79 Å². The average molecular weight is 394 g/mol. The fraction of sp³-hybridized carbons (Fsp3) is 0.235. The quantitative estimate of drug-likeness (QED) is 0.790. The maximum Gasteiger partial charge on any atom is 0.251 e. The zero-order valence-electron chi connectivity index (χ0n) is 12.2. The first-order chi connectivity index (χ1) is 10.1. The molecule has 1 atom stereocenters. The standard InChI is InChI=1S/C17H19IN2O/c1-20(2)12-16(13-6-4-3-5-7-13)19-17(21)14-8-10-15(18)11-9-14/h3-11,16H,12H2,1-2H3,(H,19,21). The van der Waals surface area contributed by atoms with Gasteiger partial charge >= 0.3 is 0 Å². The number of likely N-dealkylation sites (N-methyl/N-ethyl adjacent to an activating group) is 1. The summed E-state index contributed by atoms with van der Waals surface area (Å²) in [5.74, 6) is -0.0397. The van der Waals surface area contributed by atoms with E-state index in [0.29, 0.717) is 5.56 Å². The molecule has 2 rings (SSSR count). The van der Waals surface area contributed by atoms with Crippen LogP contribution in [0.25, 0.3) is 0 Å². The average Bonchev–Trinajstić information content (AvgIpc) is 2.47. The van der Waals surface area contributed by atoms with Gasteiger partial charge in [-0.1, -0.05) is 30.3 Å². The highest BCUT2D eigenvalue weighted by atomic mass is 127. The summed E-state index contributed by atoms with van der Waals surface area (Å²) in [6, 6.07) is 17.6. The minimum atomic E-state index is -0.0397. The summed E-state index contributed by atoms with van der Waals surface area (Å²) in [5.41, 5.74) is 1.81. The maximum absolute atomic E-state index is 12.4. The van der Waals surface area contributed by atoms with Gasteiger partial charge in [-0.3, -0.25) is 4.79 Å². The van der Waals surface area contributed by atoms with E-state index in [-0.39, 0.29) is 11.9 Å². The van der Waals surface area contributed by atoms with Crippen molar-refractivity contribution in [1.82, 2.24) is 10.2 Å². The van der Waals surface area contributed by atoms with Crippen LogP contribution in [0.3, 0.4) is 0 Å². The van der Waals surface area contributed by atoms with Crippen LogP contribution in [-0.2, 0) is 0 Å². The van der Waals surface area contributed by atoms with Gasteiger partial charge in [0.1, 0.15) is 0 Å². The number of hydrogen-bond acceptors (Lipinski definition) is 2. The topological polar surface area (TPSA) is 32.3 Å². The number of carbonyl (C=O) groups is 1. The molecule has 3 nitrogen and oxygen atoms in total. The first kappa shape index (κ1) is 16.0. The van der Waals surface area contributed by atoms with Gasteiger partial charge < -0.3 is 10.2 Å². The Morgan fingerprint density at radius 2 is 1.71 bits per heavy atom. The van der Waals surface area contributed by atoms with Crippen molar-refractivity contribution in [3.63, 3.8) is 0 Å². The Bertz CT molecular complexity index is 581. The van der Waals surface area contributed by atoms with Gasteiger partial charge in [0.2, 0.25) is 0 Å². The fourth-order valence-electron chi connectivity index (χ4n) is 2.13. The first-order valence-electron chi connectivity index (χ1n) is 6.82. The Balaban J connectivity index is 2.15. The van der Waals surface area contributed by atoms with Crippen molar-refractivity contribution in [2.24, 2.45) is 0 Å². The molecule has 0 fully saturated rings. The van der Waals surface area contributed by atoms with E-state index >= 15 is 0 Å². The molecule has 0 spiro atoms. The summed E-state index contributed by atoms with van der Waals surface area (Å²) >= 11 is 2.23. The van der Waals surface area contributed by atoms with Crippen LogP contribution >= 0.6 is 22.6 Å². The normalized spacial score (nSPS) is 12.2. The smallest absolute Gasteiger partial charge is 0.251 e. The predicted octanol–water partition coefficient (Wildman–Crippen LogP) is 3.32. The Labute approximate surface area is 139 Å². The lowest BCUT2D eigenvalue weighted by atomic mass is 10.1. The van der Waals surface area contributed by atoms with Crippen molar-refractivity contribution >= 4 is 28.5 Å². The molecule has 1 N–H and O–H groups in total. The molecular formula is C17H19IN2O. The van der Waals surface area contributed by atoms with E-state index in [1.807, 2.05) is 68.7 Å². The fourth-order valence-corrected chi connectivity index (χ4v) is 2.49. The molecule has 21 heavy (non-hydrogen) atoms. The second-order valence-corrected chi connectivity index (χ2v) is 6.45. The summed E-state index contributed by atoms with van der Waals surface area (Å²) in [7, 11) is 4.01. The summed E-state index contributed by atoms with van der Waals surface area (Å²) < 4.78 is 1.12. The molecule has 0 aliphatic rings. The second-order valence-electron chi connectivity index (χ2n) is 5.21. The Kier molecular flexibility index (Phi) is 5.76. The van der Waals surface area contributed by atoms with E-state index in [1.54, 1.807) is 0 Å². The zero-order chi connectivity index (χ0) is 15.2. The number of nitrogens with zero attached hydrogens (tertiary/aromatic N) is 1. The molecule has 4 heteroatoms. The number of amides is 1. The highest BCUT2D eigenvalue weighted by Gasteiger charge is 2.16. The third-order valence-electron chi connectivity index (χ3n) is 3.16. The monoisotopic (exact) mass is 394 g/mol. The highest BCUT2D eigenvalue weighted by Crippen LogP contribution is 2.15. The molecule has 0 aliphatic carbocycles. The Morgan fingerprint density at radius 1 is 1.10 bits per heavy atom. The number of benzene rings is 2. The Hall–Kier alpha value is -1.40. The number of rotatable bonds is 5. The van der Waals surface area contributed by atoms with E-state index in [0.717, 1.165) is 15.7 Å². The molecule has 0 saturated heterocycles. The van der Waals surface area contributed by atoms with Crippen LogP contribution in [-0.4, -0.2) is 31.4 Å². The van der Waals surface area contributed by atoms with E-state index < -0.39 is 0 Å². The van der Waals surface area contributed by atoms with Crippen LogP contribution in [0.5, 0.6) is 0 Å². The number of halogens is 1. The minimum Gasteiger partial charge on any atom is -0.344 e. The summed E-state index contributed by atoms with van der Waals surface area (Å²) in [6.07, 6.45) is 0. The SMILES string of the molecule is CN(C)CC(NC(=O)c1ccc(I)cc1)c1ccccc1. The minimum absolute atomic E-state index is 0.0204. The van der Waals surface area contributed by atoms with Crippen molar-refractivity contribution in [3.05, 3.63) is 69.3 Å². The molecule has 0 aliphatic heterocycles. The lowest BCUT2D eigenvalue weighted by Crippen LogP contribution is -2.35. The largest absolute Gasteiger partial charge is 0.344 e. The van der Waals surface area contributed by atoms with Crippen molar-refractivity contribution in [2.75, 3.05) is 20.6 Å². The molecule has 0 saturated carbocycles. The third-order valence-corrected chi connectivity index (χ3v) is 3.88. The van der Waals surface area contributed by atoms with E-state index in [2.05, 4.69) is 32.8 Å². The maximum atomic E-state index is 12.4. The number of hydrogen-bond donors (Lipinski definition) is 1. The molecule has 1 unspecified atom stereocenters. The van der Waals surface area contributed by atoms with Crippen LogP contribution in [0.15, 0.2) is 54.6 Å². The van der Waals surface area contributed by atoms with E-state index in [9.17, 15) is 4.79 Å². The molecule has 0 heterocycles. The lowest BCUT2D eigenvalue weighted by Gasteiger charge is -2.23. The van der Waals surface area contributed by atoms with Crippen LogP contribution in [0.4, 0.5) is 0 Å². The number of carbonyl (C=O) groups excluding carboxylic acids is 1. The summed E-state index contributed by atoms with van der Waals surface area (Å²) in [4.78, 5) is 14.5. The van der Waals surface area contributed by atoms with Gasteiger partial charge in [-0.2, -0.15) is 0 Å². The van der Waals surface area contributed by atoms with Gasteiger partial charge in [0.15, 0.2) is 0 Å². The van der Waals surface area contributed by atoms with Gasteiger partial charge in [-0.05, 0) is 66.5 Å². The van der Waals surface area contributed by atoms with E-state index in [4.69, 9.17) is 0 Å². The molecule has 0 aromatic heterocycles. The molecule has 2 aromatic carbocycles. The Morgan fingerprint density at radius 3 is 2.29 bits per heavy atom. The van der Waals surface area contributed by atoms with Crippen LogP contribution in [0, 0.1) is 3.57 Å². The predicted molar refractivity (Wildman–Crippen MR) is 94.4 cm³/mol. The summed E-state index contributed by atoms with van der Waals surface area (Å²) in [6.45, 7) is 0.764. The molecule has 0 bridgehead atoms. The molecule has 1 amide bonds. The zero-order valence-corrected chi connectivity index (χ0v) is 14.4. The molecular weight excluding hydrogens is 375 g/mol. The van der Waals surface area contributed by atoms with Crippen molar-refractivity contribution in [2.45, 2.75) is 6.04 Å². The van der Waals surface area contributed by atoms with Gasteiger partial charge in [-0.25, -0.2) is 0 Å². The first-order valence-corrected chi connectivity index (χ1v) is 7.90. The van der Waals surface area contributed by atoms with Gasteiger partial charge in [0, 0.05) is 15.7 Å². The van der Waals surface area contributed by atoms with Crippen molar-refractivity contribution in [1.29, 1.82) is 0 Å². The lowest BCUT2D eigenvalue weighted by molar-refractivity contribution is 0.0930. The van der Waals surface area contributed by atoms with Crippen molar-refractivity contribution in [3.8, 4) is 0 Å². The van der Waals surface area contributed by atoms with Gasteiger partial charge in [0.25, 0.3) is 5.91 Å². The number of nitrogens with one attached hydrogen (secondary N) is 1. The highest BCUT2D eigenvalue weighted by molar-refractivity contribution is 14.1. The summed E-state index contributed by atoms with van der Waals surface area (Å²) in [5, 5.41) is 3.12. The van der Waals surface area contributed by atoms with Gasteiger partial charge in [-0.15, -0.1) is 0 Å².